The molecule has 0 N–H and O–H groups in total. The first-order valence-corrected chi connectivity index (χ1v) is 6.78. The summed E-state index contributed by atoms with van der Waals surface area (Å²) in [5, 5.41) is 13.4. The lowest BCUT2D eigenvalue weighted by molar-refractivity contribution is -0.129. The second-order valence-corrected chi connectivity index (χ2v) is 5.20. The van der Waals surface area contributed by atoms with Crippen molar-refractivity contribution in [1.82, 2.24) is 14.7 Å². The molecule has 0 fully saturated rings. The van der Waals surface area contributed by atoms with E-state index in [-0.39, 0.29) is 12.5 Å². The second-order valence-electron chi connectivity index (χ2n) is 5.20. The van der Waals surface area contributed by atoms with Gasteiger partial charge in [-0.25, -0.2) is 0 Å². The third kappa shape index (κ3) is 3.09. The number of methoxy groups -OCH3 is 1. The Morgan fingerprint density at radius 1 is 1.41 bits per heavy atom. The van der Waals surface area contributed by atoms with Crippen molar-refractivity contribution in [2.45, 2.75) is 13.5 Å². The molecule has 0 saturated heterocycles. The van der Waals surface area contributed by atoms with E-state index < -0.39 is 0 Å². The van der Waals surface area contributed by atoms with Crippen LogP contribution in [0.25, 0.3) is 11.1 Å². The van der Waals surface area contributed by atoms with Crippen molar-refractivity contribution in [3.63, 3.8) is 0 Å². The van der Waals surface area contributed by atoms with Gasteiger partial charge in [0.15, 0.2) is 0 Å². The van der Waals surface area contributed by atoms with Crippen molar-refractivity contribution in [2.24, 2.45) is 0 Å². The van der Waals surface area contributed by atoms with E-state index in [0.717, 1.165) is 16.7 Å². The maximum atomic E-state index is 11.7. The van der Waals surface area contributed by atoms with Crippen molar-refractivity contribution < 1.29 is 9.53 Å². The molecule has 22 heavy (non-hydrogen) atoms. The van der Waals surface area contributed by atoms with Crippen LogP contribution in [0, 0.1) is 18.3 Å². The number of nitrogens with zero attached hydrogens (tertiary/aromatic N) is 4. The van der Waals surface area contributed by atoms with Crippen molar-refractivity contribution in [3.05, 3.63) is 35.7 Å². The fraction of sp³-hybridized carbons (Fsp3) is 0.312. The minimum atomic E-state index is -0.0294. The number of nitriles is 1. The minimum Gasteiger partial charge on any atom is -0.495 e. The standard InChI is InChI=1S/C16H18N4O2/c1-11-5-12(6-13(7-17)16(11)22-4)14-8-18-20(9-14)10-15(21)19(2)3/h5-6,8-9H,10H2,1-4H3. The summed E-state index contributed by atoms with van der Waals surface area (Å²) in [6.45, 7) is 2.08. The summed E-state index contributed by atoms with van der Waals surface area (Å²) >= 11 is 0. The van der Waals surface area contributed by atoms with Crippen molar-refractivity contribution >= 4 is 5.91 Å². The molecule has 0 radical (unpaired) electrons. The summed E-state index contributed by atoms with van der Waals surface area (Å²) in [5.74, 6) is 0.555. The zero-order valence-electron chi connectivity index (χ0n) is 13.1. The predicted octanol–water partition coefficient (Wildman–Crippen LogP) is 1.83. The van der Waals surface area contributed by atoms with Crippen LogP contribution in [0.5, 0.6) is 5.75 Å². The molecule has 2 rings (SSSR count). The van der Waals surface area contributed by atoms with Crippen LogP contribution < -0.4 is 4.74 Å². The monoisotopic (exact) mass is 298 g/mol. The van der Waals surface area contributed by atoms with Gasteiger partial charge in [-0.05, 0) is 30.2 Å². The van der Waals surface area contributed by atoms with Crippen LogP contribution >= 0.6 is 0 Å². The highest BCUT2D eigenvalue weighted by Gasteiger charge is 2.12. The van der Waals surface area contributed by atoms with Gasteiger partial charge in [0.25, 0.3) is 0 Å². The zero-order valence-corrected chi connectivity index (χ0v) is 13.1. The third-order valence-corrected chi connectivity index (χ3v) is 3.36. The van der Waals surface area contributed by atoms with Crippen LogP contribution in [0.3, 0.4) is 0 Å². The Labute approximate surface area is 129 Å². The van der Waals surface area contributed by atoms with E-state index in [1.54, 1.807) is 44.3 Å². The molecular formula is C16H18N4O2. The van der Waals surface area contributed by atoms with Gasteiger partial charge < -0.3 is 9.64 Å². The fourth-order valence-corrected chi connectivity index (χ4v) is 2.17. The van der Waals surface area contributed by atoms with Gasteiger partial charge >= 0.3 is 0 Å². The summed E-state index contributed by atoms with van der Waals surface area (Å²) in [4.78, 5) is 13.2. The van der Waals surface area contributed by atoms with Gasteiger partial charge in [-0.15, -0.1) is 0 Å². The lowest BCUT2D eigenvalue weighted by Gasteiger charge is -2.10. The molecule has 1 heterocycles. The normalized spacial score (nSPS) is 10.1. The van der Waals surface area contributed by atoms with Crippen molar-refractivity contribution in [3.8, 4) is 22.9 Å². The number of rotatable bonds is 4. The maximum Gasteiger partial charge on any atom is 0.243 e. The van der Waals surface area contributed by atoms with Crippen molar-refractivity contribution in [2.75, 3.05) is 21.2 Å². The molecule has 6 heteroatoms. The lowest BCUT2D eigenvalue weighted by atomic mass is 10.0. The highest BCUT2D eigenvalue weighted by Crippen LogP contribution is 2.29. The molecule has 0 aliphatic carbocycles. The van der Waals surface area contributed by atoms with Crippen LogP contribution in [0.4, 0.5) is 0 Å². The molecule has 1 amide bonds. The molecule has 6 nitrogen and oxygen atoms in total. The smallest absolute Gasteiger partial charge is 0.243 e. The van der Waals surface area contributed by atoms with Gasteiger partial charge in [-0.3, -0.25) is 9.48 Å². The average Bonchev–Trinajstić information content (AvgIpc) is 2.94. The highest BCUT2D eigenvalue weighted by molar-refractivity contribution is 5.75. The number of carbonyl (C=O) groups is 1. The summed E-state index contributed by atoms with van der Waals surface area (Å²) in [6, 6.07) is 5.84. The number of aryl methyl sites for hydroxylation is 1. The van der Waals surface area contributed by atoms with E-state index in [4.69, 9.17) is 4.74 Å². The molecule has 0 spiro atoms. The summed E-state index contributed by atoms with van der Waals surface area (Å²) < 4.78 is 6.84. The first-order valence-electron chi connectivity index (χ1n) is 6.78. The van der Waals surface area contributed by atoms with Gasteiger partial charge in [-0.2, -0.15) is 10.4 Å². The van der Waals surface area contributed by atoms with Gasteiger partial charge in [0.05, 0.1) is 18.9 Å². The molecule has 1 aromatic carbocycles. The van der Waals surface area contributed by atoms with Crippen molar-refractivity contribution in [1.29, 1.82) is 5.26 Å². The Morgan fingerprint density at radius 2 is 2.14 bits per heavy atom. The maximum absolute atomic E-state index is 11.7. The van der Waals surface area contributed by atoms with E-state index in [2.05, 4.69) is 11.2 Å². The predicted molar refractivity (Wildman–Crippen MR) is 82.4 cm³/mol. The summed E-state index contributed by atoms with van der Waals surface area (Å²) in [7, 11) is 4.96. The summed E-state index contributed by atoms with van der Waals surface area (Å²) in [5.41, 5.74) is 3.09. The number of hydrogen-bond donors (Lipinski definition) is 0. The van der Waals surface area contributed by atoms with Crippen LogP contribution in [0.15, 0.2) is 24.5 Å². The third-order valence-electron chi connectivity index (χ3n) is 3.36. The number of amides is 1. The van der Waals surface area contributed by atoms with E-state index in [1.807, 2.05) is 13.0 Å². The van der Waals surface area contributed by atoms with Crippen LogP contribution in [-0.4, -0.2) is 41.8 Å². The molecule has 114 valence electrons. The number of benzene rings is 1. The Kier molecular flexibility index (Phi) is 4.47. The van der Waals surface area contributed by atoms with Gasteiger partial charge in [0, 0.05) is 25.9 Å². The fourth-order valence-electron chi connectivity index (χ4n) is 2.17. The largest absolute Gasteiger partial charge is 0.495 e. The number of hydrogen-bond acceptors (Lipinski definition) is 4. The molecule has 0 aliphatic heterocycles. The second kappa shape index (κ2) is 6.31. The molecule has 0 bridgehead atoms. The van der Waals surface area contributed by atoms with E-state index in [9.17, 15) is 10.1 Å². The molecule has 0 aliphatic rings. The lowest BCUT2D eigenvalue weighted by Crippen LogP contribution is -2.26. The molecule has 1 aromatic heterocycles. The topological polar surface area (TPSA) is 71.2 Å². The van der Waals surface area contributed by atoms with Crippen LogP contribution in [0.1, 0.15) is 11.1 Å². The minimum absolute atomic E-state index is 0.0294. The quantitative estimate of drug-likeness (QED) is 0.863. The molecule has 0 saturated carbocycles. The number of ether oxygens (including phenoxy) is 1. The van der Waals surface area contributed by atoms with E-state index in [1.165, 1.54) is 4.90 Å². The Morgan fingerprint density at radius 3 is 2.73 bits per heavy atom. The molecule has 0 unspecified atom stereocenters. The Balaban J connectivity index is 2.34. The Hall–Kier alpha value is -2.81. The molecular weight excluding hydrogens is 280 g/mol. The summed E-state index contributed by atoms with van der Waals surface area (Å²) in [6.07, 6.45) is 3.48. The van der Waals surface area contributed by atoms with E-state index in [0.29, 0.717) is 11.3 Å². The van der Waals surface area contributed by atoms with Crippen LogP contribution in [0.2, 0.25) is 0 Å². The Bertz CT molecular complexity index is 741. The number of likely N-dealkylation sites (N-methyl/N-ethyl adjacent to an activating group) is 1. The average molecular weight is 298 g/mol. The highest BCUT2D eigenvalue weighted by atomic mass is 16.5. The number of carbonyl (C=O) groups excluding carboxylic acids is 1. The van der Waals surface area contributed by atoms with Gasteiger partial charge in [0.2, 0.25) is 5.91 Å². The first kappa shape index (κ1) is 15.6. The van der Waals surface area contributed by atoms with Gasteiger partial charge in [0.1, 0.15) is 18.4 Å². The van der Waals surface area contributed by atoms with E-state index >= 15 is 0 Å². The molecule has 2 aromatic rings. The zero-order chi connectivity index (χ0) is 16.3. The number of aromatic nitrogens is 2. The van der Waals surface area contributed by atoms with Gasteiger partial charge in [-0.1, -0.05) is 0 Å². The van der Waals surface area contributed by atoms with Crippen LogP contribution in [-0.2, 0) is 11.3 Å². The molecule has 0 atom stereocenters. The first-order chi connectivity index (χ1) is 10.5. The SMILES string of the molecule is COc1c(C)cc(-c2cnn(CC(=O)N(C)C)c2)cc1C#N.